The summed E-state index contributed by atoms with van der Waals surface area (Å²) in [5, 5.41) is 3.39. The van der Waals surface area contributed by atoms with Crippen LogP contribution in [-0.4, -0.2) is 62.2 Å². The average Bonchev–Trinajstić information content (AvgIpc) is 2.72. The summed E-state index contributed by atoms with van der Waals surface area (Å²) < 4.78 is 5.30. The number of para-hydroxylation sites is 1. The van der Waals surface area contributed by atoms with Gasteiger partial charge in [-0.3, -0.25) is 9.78 Å². The molecule has 1 fully saturated rings. The molecule has 0 saturated carbocycles. The van der Waals surface area contributed by atoms with Crippen LogP contribution in [0.3, 0.4) is 0 Å². The Hall–Kier alpha value is -2.60. The van der Waals surface area contributed by atoms with Gasteiger partial charge in [-0.2, -0.15) is 0 Å². The zero-order valence-corrected chi connectivity index (χ0v) is 15.2. The fourth-order valence-electron chi connectivity index (χ4n) is 2.95. The second-order valence-corrected chi connectivity index (χ2v) is 6.37. The van der Waals surface area contributed by atoms with Crippen LogP contribution in [0.4, 0.5) is 11.4 Å². The second kappa shape index (κ2) is 9.20. The molecule has 0 aliphatic carbocycles. The highest BCUT2D eigenvalue weighted by Gasteiger charge is 2.19. The number of amides is 1. The molecular formula is C20H26N4O2. The predicted octanol–water partition coefficient (Wildman–Crippen LogP) is 2.49. The van der Waals surface area contributed by atoms with E-state index in [1.807, 2.05) is 30.3 Å². The molecule has 1 aromatic carbocycles. The van der Waals surface area contributed by atoms with Crippen LogP contribution in [0.25, 0.3) is 0 Å². The van der Waals surface area contributed by atoms with Gasteiger partial charge in [0.15, 0.2) is 0 Å². The lowest BCUT2D eigenvalue weighted by molar-refractivity contribution is 0.0299. The van der Waals surface area contributed by atoms with Gasteiger partial charge >= 0.3 is 0 Å². The maximum atomic E-state index is 12.5. The van der Waals surface area contributed by atoms with Crippen LogP contribution in [-0.2, 0) is 4.74 Å². The summed E-state index contributed by atoms with van der Waals surface area (Å²) in [6.45, 7) is 4.25. The maximum absolute atomic E-state index is 12.5. The first-order valence-electron chi connectivity index (χ1n) is 9.07. The quantitative estimate of drug-likeness (QED) is 0.774. The largest absolute Gasteiger partial charge is 0.385 e. The molecular weight excluding hydrogens is 328 g/mol. The Morgan fingerprint density at radius 2 is 2.00 bits per heavy atom. The molecule has 0 atom stereocenters. The number of nitrogens with zero attached hydrogens (tertiary/aromatic N) is 3. The van der Waals surface area contributed by atoms with E-state index in [2.05, 4.69) is 34.4 Å². The Bertz CT molecular complexity index is 702. The first-order valence-corrected chi connectivity index (χ1v) is 9.07. The number of rotatable bonds is 7. The van der Waals surface area contributed by atoms with E-state index in [-0.39, 0.29) is 5.91 Å². The minimum Gasteiger partial charge on any atom is -0.385 e. The maximum Gasteiger partial charge on any atom is 0.272 e. The van der Waals surface area contributed by atoms with E-state index in [1.165, 1.54) is 5.69 Å². The van der Waals surface area contributed by atoms with E-state index in [4.69, 9.17) is 4.74 Å². The van der Waals surface area contributed by atoms with Crippen molar-refractivity contribution >= 4 is 17.3 Å². The van der Waals surface area contributed by atoms with Crippen molar-refractivity contribution in [3.8, 4) is 0 Å². The Balaban J connectivity index is 1.47. The lowest BCUT2D eigenvalue weighted by Crippen LogP contribution is -2.41. The SMILES string of the molecule is CN(CCCNc1ccnc(C(=O)N2CCOCC2)c1)c1ccccc1. The van der Waals surface area contributed by atoms with Crippen LogP contribution in [0.5, 0.6) is 0 Å². The number of hydrogen-bond donors (Lipinski definition) is 1. The number of anilines is 2. The molecule has 6 nitrogen and oxygen atoms in total. The molecule has 0 bridgehead atoms. The first kappa shape index (κ1) is 18.2. The van der Waals surface area contributed by atoms with Gasteiger partial charge in [-0.25, -0.2) is 0 Å². The molecule has 3 rings (SSSR count). The number of pyridine rings is 1. The van der Waals surface area contributed by atoms with Crippen LogP contribution in [0.15, 0.2) is 48.7 Å². The van der Waals surface area contributed by atoms with E-state index >= 15 is 0 Å². The van der Waals surface area contributed by atoms with Gasteiger partial charge in [-0.15, -0.1) is 0 Å². The Kier molecular flexibility index (Phi) is 6.44. The molecule has 0 radical (unpaired) electrons. The highest BCUT2D eigenvalue weighted by molar-refractivity contribution is 5.93. The Morgan fingerprint density at radius 3 is 2.77 bits per heavy atom. The number of ether oxygens (including phenoxy) is 1. The molecule has 2 aromatic rings. The van der Waals surface area contributed by atoms with Crippen molar-refractivity contribution in [2.24, 2.45) is 0 Å². The molecule has 6 heteroatoms. The molecule has 1 aromatic heterocycles. The summed E-state index contributed by atoms with van der Waals surface area (Å²) >= 11 is 0. The van der Waals surface area contributed by atoms with E-state index in [9.17, 15) is 4.79 Å². The monoisotopic (exact) mass is 354 g/mol. The number of carbonyl (C=O) groups excluding carboxylic acids is 1. The van der Waals surface area contributed by atoms with E-state index in [0.29, 0.717) is 32.0 Å². The zero-order chi connectivity index (χ0) is 18.2. The van der Waals surface area contributed by atoms with Crippen molar-refractivity contribution in [3.05, 3.63) is 54.4 Å². The second-order valence-electron chi connectivity index (χ2n) is 6.37. The highest BCUT2D eigenvalue weighted by Crippen LogP contribution is 2.13. The standard InChI is InChI=1S/C20H26N4O2/c1-23(18-6-3-2-4-7-18)11-5-9-21-17-8-10-22-19(16-17)20(25)24-12-14-26-15-13-24/h2-4,6-8,10,16H,5,9,11-15H2,1H3,(H,21,22). The minimum absolute atomic E-state index is 0.0271. The van der Waals surface area contributed by atoms with Crippen molar-refractivity contribution < 1.29 is 9.53 Å². The van der Waals surface area contributed by atoms with Gasteiger partial charge in [0.25, 0.3) is 5.91 Å². The van der Waals surface area contributed by atoms with Crippen molar-refractivity contribution in [1.82, 2.24) is 9.88 Å². The smallest absolute Gasteiger partial charge is 0.272 e. The van der Waals surface area contributed by atoms with Crippen LogP contribution in [0.2, 0.25) is 0 Å². The third-order valence-electron chi connectivity index (χ3n) is 4.47. The summed E-state index contributed by atoms with van der Waals surface area (Å²) in [6.07, 6.45) is 2.69. The molecule has 0 spiro atoms. The van der Waals surface area contributed by atoms with Crippen molar-refractivity contribution in [2.45, 2.75) is 6.42 Å². The van der Waals surface area contributed by atoms with Crippen LogP contribution < -0.4 is 10.2 Å². The van der Waals surface area contributed by atoms with E-state index < -0.39 is 0 Å². The van der Waals surface area contributed by atoms with Gasteiger partial charge in [-0.05, 0) is 30.7 Å². The van der Waals surface area contributed by atoms with Crippen molar-refractivity contribution in [2.75, 3.05) is 56.7 Å². The normalized spacial score (nSPS) is 14.1. The van der Waals surface area contributed by atoms with Gasteiger partial charge in [0, 0.05) is 50.8 Å². The van der Waals surface area contributed by atoms with Crippen molar-refractivity contribution in [3.63, 3.8) is 0 Å². The van der Waals surface area contributed by atoms with Crippen LogP contribution in [0, 0.1) is 0 Å². The summed E-state index contributed by atoms with van der Waals surface area (Å²) in [4.78, 5) is 20.8. The van der Waals surface area contributed by atoms with Crippen LogP contribution >= 0.6 is 0 Å². The number of morpholine rings is 1. The van der Waals surface area contributed by atoms with E-state index in [0.717, 1.165) is 25.2 Å². The van der Waals surface area contributed by atoms with Gasteiger partial charge in [0.1, 0.15) is 5.69 Å². The fourth-order valence-corrected chi connectivity index (χ4v) is 2.95. The topological polar surface area (TPSA) is 57.7 Å². The van der Waals surface area contributed by atoms with Gasteiger partial charge < -0.3 is 19.9 Å². The summed E-state index contributed by atoms with van der Waals surface area (Å²) in [5.41, 5.74) is 2.63. The number of hydrogen-bond acceptors (Lipinski definition) is 5. The molecule has 138 valence electrons. The molecule has 1 aliphatic heterocycles. The van der Waals surface area contributed by atoms with Gasteiger partial charge in [0.05, 0.1) is 13.2 Å². The molecule has 0 unspecified atom stereocenters. The average molecular weight is 354 g/mol. The fraction of sp³-hybridized carbons (Fsp3) is 0.400. The molecule has 2 heterocycles. The number of carbonyl (C=O) groups is 1. The molecule has 1 amide bonds. The highest BCUT2D eigenvalue weighted by atomic mass is 16.5. The van der Waals surface area contributed by atoms with Crippen LogP contribution in [0.1, 0.15) is 16.9 Å². The lowest BCUT2D eigenvalue weighted by Gasteiger charge is -2.26. The first-order chi connectivity index (χ1) is 12.7. The van der Waals surface area contributed by atoms with Gasteiger partial charge in [-0.1, -0.05) is 18.2 Å². The third kappa shape index (κ3) is 4.95. The molecule has 1 saturated heterocycles. The van der Waals surface area contributed by atoms with Crippen molar-refractivity contribution in [1.29, 1.82) is 0 Å². The number of aromatic nitrogens is 1. The minimum atomic E-state index is -0.0271. The number of nitrogens with one attached hydrogen (secondary N) is 1. The van der Waals surface area contributed by atoms with E-state index in [1.54, 1.807) is 11.1 Å². The van der Waals surface area contributed by atoms with Gasteiger partial charge in [0.2, 0.25) is 0 Å². The molecule has 1 N–H and O–H groups in total. The Morgan fingerprint density at radius 1 is 1.23 bits per heavy atom. The summed E-state index contributed by atoms with van der Waals surface area (Å²) in [6, 6.07) is 14.1. The predicted molar refractivity (Wildman–Crippen MR) is 104 cm³/mol. The molecule has 1 aliphatic rings. The number of benzene rings is 1. The summed E-state index contributed by atoms with van der Waals surface area (Å²) in [5.74, 6) is -0.0271. The summed E-state index contributed by atoms with van der Waals surface area (Å²) in [7, 11) is 2.10. The third-order valence-corrected chi connectivity index (χ3v) is 4.47. The Labute approximate surface area is 154 Å². The molecule has 26 heavy (non-hydrogen) atoms. The lowest BCUT2D eigenvalue weighted by atomic mass is 10.2. The zero-order valence-electron chi connectivity index (χ0n) is 15.2.